The molecule has 1 saturated carbocycles. The van der Waals surface area contributed by atoms with Gasteiger partial charge in [-0.05, 0) is 18.8 Å². The van der Waals surface area contributed by atoms with E-state index in [2.05, 4.69) is 12.2 Å². The fraction of sp³-hybridized carbons (Fsp3) is 0.867. The van der Waals surface area contributed by atoms with Crippen molar-refractivity contribution in [1.29, 1.82) is 0 Å². The lowest BCUT2D eigenvalue weighted by Crippen LogP contribution is -2.35. The van der Waals surface area contributed by atoms with Gasteiger partial charge >= 0.3 is 5.97 Å². The summed E-state index contributed by atoms with van der Waals surface area (Å²) in [6.07, 6.45) is 5.72. The quantitative estimate of drug-likeness (QED) is 0.666. The Labute approximate surface area is 116 Å². The molecular formula is C15H27NO3. The molecule has 0 bridgehead atoms. The number of hydrogen-bond acceptors (Lipinski definition) is 2. The Kier molecular flexibility index (Phi) is 5.39. The summed E-state index contributed by atoms with van der Waals surface area (Å²) in [5.41, 5.74) is -0.405. The first kappa shape index (κ1) is 16.0. The standard InChI is InChI=1S/C15H27NO3/c1-5-6-7-8-9-10(2)16-13(17)11-12(14(18)19)15(11,3)4/h10-12H,5-9H2,1-4H3,(H,16,17)(H,18,19). The molecule has 4 nitrogen and oxygen atoms in total. The minimum absolute atomic E-state index is 0.0969. The second-order valence-corrected chi connectivity index (χ2v) is 6.37. The third kappa shape index (κ3) is 3.95. The molecule has 0 spiro atoms. The topological polar surface area (TPSA) is 66.4 Å². The Bertz CT molecular complexity index is 338. The first-order valence-corrected chi connectivity index (χ1v) is 7.35. The lowest BCUT2D eigenvalue weighted by molar-refractivity contribution is -0.140. The Morgan fingerprint density at radius 3 is 2.32 bits per heavy atom. The number of carbonyl (C=O) groups excluding carboxylic acids is 1. The Morgan fingerprint density at radius 1 is 1.21 bits per heavy atom. The van der Waals surface area contributed by atoms with Gasteiger partial charge in [0.05, 0.1) is 11.8 Å². The second-order valence-electron chi connectivity index (χ2n) is 6.37. The van der Waals surface area contributed by atoms with Crippen molar-refractivity contribution in [3.8, 4) is 0 Å². The summed E-state index contributed by atoms with van der Waals surface area (Å²) in [6, 6.07) is 0.134. The molecule has 3 atom stereocenters. The van der Waals surface area contributed by atoms with E-state index < -0.39 is 17.3 Å². The van der Waals surface area contributed by atoms with Crippen molar-refractivity contribution in [2.75, 3.05) is 0 Å². The predicted octanol–water partition coefficient (Wildman–Crippen LogP) is 2.82. The lowest BCUT2D eigenvalue weighted by atomic mass is 10.1. The summed E-state index contributed by atoms with van der Waals surface area (Å²) in [5.74, 6) is -1.86. The Morgan fingerprint density at radius 2 is 1.84 bits per heavy atom. The molecule has 0 aromatic rings. The molecule has 19 heavy (non-hydrogen) atoms. The van der Waals surface area contributed by atoms with Gasteiger partial charge in [0.1, 0.15) is 0 Å². The molecule has 4 heteroatoms. The SMILES string of the molecule is CCCCCCC(C)NC(=O)C1C(C(=O)O)C1(C)C. The fourth-order valence-electron chi connectivity index (χ4n) is 2.87. The van der Waals surface area contributed by atoms with E-state index in [1.54, 1.807) is 0 Å². The van der Waals surface area contributed by atoms with Crippen LogP contribution in [0.5, 0.6) is 0 Å². The van der Waals surface area contributed by atoms with E-state index in [1.165, 1.54) is 19.3 Å². The van der Waals surface area contributed by atoms with Crippen LogP contribution >= 0.6 is 0 Å². The molecular weight excluding hydrogens is 242 g/mol. The van der Waals surface area contributed by atoms with Crippen LogP contribution in [0.4, 0.5) is 0 Å². The molecule has 1 amide bonds. The molecule has 0 aromatic carbocycles. The first-order valence-electron chi connectivity index (χ1n) is 7.35. The zero-order valence-electron chi connectivity index (χ0n) is 12.5. The van der Waals surface area contributed by atoms with Crippen LogP contribution < -0.4 is 5.32 Å². The highest BCUT2D eigenvalue weighted by Crippen LogP contribution is 2.58. The number of carboxylic acids is 1. The van der Waals surface area contributed by atoms with Gasteiger partial charge in [-0.15, -0.1) is 0 Å². The van der Waals surface area contributed by atoms with E-state index in [4.69, 9.17) is 5.11 Å². The monoisotopic (exact) mass is 269 g/mol. The molecule has 110 valence electrons. The average molecular weight is 269 g/mol. The van der Waals surface area contributed by atoms with Crippen molar-refractivity contribution in [2.24, 2.45) is 17.3 Å². The number of amides is 1. The highest BCUT2D eigenvalue weighted by molar-refractivity contribution is 5.91. The minimum atomic E-state index is -0.860. The van der Waals surface area contributed by atoms with E-state index in [1.807, 2.05) is 20.8 Å². The number of carbonyl (C=O) groups is 2. The van der Waals surface area contributed by atoms with E-state index in [-0.39, 0.29) is 17.9 Å². The van der Waals surface area contributed by atoms with Crippen LogP contribution in [0, 0.1) is 17.3 Å². The van der Waals surface area contributed by atoms with Gasteiger partial charge in [-0.1, -0.05) is 46.5 Å². The number of carboxylic acid groups (broad SMARTS) is 1. The van der Waals surface area contributed by atoms with Crippen LogP contribution in [0.2, 0.25) is 0 Å². The van der Waals surface area contributed by atoms with Gasteiger partial charge < -0.3 is 10.4 Å². The summed E-state index contributed by atoms with van der Waals surface area (Å²) >= 11 is 0. The summed E-state index contributed by atoms with van der Waals surface area (Å²) in [5, 5.41) is 12.0. The van der Waals surface area contributed by atoms with Crippen LogP contribution in [0.15, 0.2) is 0 Å². The fourth-order valence-corrected chi connectivity index (χ4v) is 2.87. The number of aliphatic carboxylic acids is 1. The van der Waals surface area contributed by atoms with Crippen molar-refractivity contribution in [3.05, 3.63) is 0 Å². The van der Waals surface area contributed by atoms with Crippen LogP contribution in [-0.4, -0.2) is 23.0 Å². The second kappa shape index (κ2) is 6.40. The third-order valence-electron chi connectivity index (χ3n) is 4.26. The number of hydrogen-bond donors (Lipinski definition) is 2. The van der Waals surface area contributed by atoms with Gasteiger partial charge in [0.15, 0.2) is 0 Å². The molecule has 1 fully saturated rings. The van der Waals surface area contributed by atoms with Gasteiger partial charge in [-0.3, -0.25) is 9.59 Å². The molecule has 0 radical (unpaired) electrons. The van der Waals surface area contributed by atoms with Gasteiger partial charge in [0.25, 0.3) is 0 Å². The number of unbranched alkanes of at least 4 members (excludes halogenated alkanes) is 3. The molecule has 1 rings (SSSR count). The van der Waals surface area contributed by atoms with Crippen LogP contribution in [-0.2, 0) is 9.59 Å². The molecule has 0 saturated heterocycles. The van der Waals surface area contributed by atoms with Crippen LogP contribution in [0.3, 0.4) is 0 Å². The van der Waals surface area contributed by atoms with Gasteiger partial charge in [-0.2, -0.15) is 0 Å². The van der Waals surface area contributed by atoms with Crippen molar-refractivity contribution >= 4 is 11.9 Å². The highest BCUT2D eigenvalue weighted by Gasteiger charge is 2.65. The van der Waals surface area contributed by atoms with Gasteiger partial charge in [0, 0.05) is 6.04 Å². The average Bonchev–Trinajstić information content (AvgIpc) is 2.88. The van der Waals surface area contributed by atoms with Crippen molar-refractivity contribution < 1.29 is 14.7 Å². The summed E-state index contributed by atoms with van der Waals surface area (Å²) in [7, 11) is 0. The molecule has 0 aromatic heterocycles. The molecule has 1 aliphatic rings. The number of rotatable bonds is 8. The van der Waals surface area contributed by atoms with Crippen molar-refractivity contribution in [2.45, 2.75) is 65.8 Å². The maximum absolute atomic E-state index is 12.1. The zero-order valence-corrected chi connectivity index (χ0v) is 12.5. The maximum atomic E-state index is 12.1. The van der Waals surface area contributed by atoms with E-state index in [9.17, 15) is 9.59 Å². The predicted molar refractivity (Wildman–Crippen MR) is 74.8 cm³/mol. The highest BCUT2D eigenvalue weighted by atomic mass is 16.4. The van der Waals surface area contributed by atoms with Crippen molar-refractivity contribution in [1.82, 2.24) is 5.32 Å². The van der Waals surface area contributed by atoms with Crippen LogP contribution in [0.25, 0.3) is 0 Å². The summed E-state index contributed by atoms with van der Waals surface area (Å²) in [6.45, 7) is 7.87. The summed E-state index contributed by atoms with van der Waals surface area (Å²) in [4.78, 5) is 23.1. The van der Waals surface area contributed by atoms with E-state index in [0.717, 1.165) is 12.8 Å². The normalized spacial score (nSPS) is 25.7. The minimum Gasteiger partial charge on any atom is -0.481 e. The first-order chi connectivity index (χ1) is 8.82. The van der Waals surface area contributed by atoms with Gasteiger partial charge in [-0.25, -0.2) is 0 Å². The maximum Gasteiger partial charge on any atom is 0.307 e. The van der Waals surface area contributed by atoms with Crippen molar-refractivity contribution in [3.63, 3.8) is 0 Å². The van der Waals surface area contributed by atoms with Crippen LogP contribution in [0.1, 0.15) is 59.8 Å². The molecule has 3 unspecified atom stereocenters. The number of nitrogens with one attached hydrogen (secondary N) is 1. The lowest BCUT2D eigenvalue weighted by Gasteiger charge is -2.14. The smallest absolute Gasteiger partial charge is 0.307 e. The van der Waals surface area contributed by atoms with Gasteiger partial charge in [0.2, 0.25) is 5.91 Å². The Hall–Kier alpha value is -1.06. The van der Waals surface area contributed by atoms with E-state index in [0.29, 0.717) is 0 Å². The largest absolute Gasteiger partial charge is 0.481 e. The molecule has 1 aliphatic carbocycles. The molecule has 0 aliphatic heterocycles. The third-order valence-corrected chi connectivity index (χ3v) is 4.26. The molecule has 2 N–H and O–H groups in total. The zero-order chi connectivity index (χ0) is 14.6. The Balaban J connectivity index is 2.34. The summed E-state index contributed by atoms with van der Waals surface area (Å²) < 4.78 is 0. The molecule has 0 heterocycles. The van der Waals surface area contributed by atoms with E-state index >= 15 is 0 Å².